The molecular formula is C51H70N2O4. The van der Waals surface area contributed by atoms with Gasteiger partial charge in [-0.15, -0.1) is 0 Å². The summed E-state index contributed by atoms with van der Waals surface area (Å²) >= 11 is 0. The maximum absolute atomic E-state index is 5.94. The summed E-state index contributed by atoms with van der Waals surface area (Å²) < 4.78 is 23.7. The molecule has 6 heteroatoms. The van der Waals surface area contributed by atoms with Gasteiger partial charge in [0.15, 0.2) is 0 Å². The van der Waals surface area contributed by atoms with Crippen LogP contribution in [0.2, 0.25) is 0 Å². The van der Waals surface area contributed by atoms with E-state index in [-0.39, 0.29) is 0 Å². The first-order chi connectivity index (χ1) is 28.2. The minimum atomic E-state index is 0.578. The fourth-order valence-corrected chi connectivity index (χ4v) is 6.50. The van der Waals surface area contributed by atoms with Gasteiger partial charge in [0.2, 0.25) is 0 Å². The summed E-state index contributed by atoms with van der Waals surface area (Å²) in [6.07, 6.45) is 28.3. The van der Waals surface area contributed by atoms with Crippen molar-refractivity contribution in [2.75, 3.05) is 26.4 Å². The maximum Gasteiger partial charge on any atom is 0.119 e. The Labute approximate surface area is 345 Å². The fraction of sp³-hybridized carbons (Fsp3) is 0.490. The Balaban J connectivity index is 1.02. The first kappa shape index (κ1) is 45.1. The smallest absolute Gasteiger partial charge is 0.119 e. The van der Waals surface area contributed by atoms with Gasteiger partial charge >= 0.3 is 0 Å². The minimum Gasteiger partial charge on any atom is -0.494 e. The van der Waals surface area contributed by atoms with E-state index in [0.29, 0.717) is 13.2 Å². The van der Waals surface area contributed by atoms with E-state index in [4.69, 9.17) is 18.9 Å². The highest BCUT2D eigenvalue weighted by Gasteiger charge is 2.01. The molecule has 0 heterocycles. The molecule has 0 fully saturated rings. The Morgan fingerprint density at radius 2 is 0.579 bits per heavy atom. The summed E-state index contributed by atoms with van der Waals surface area (Å²) in [5, 5.41) is 0. The second-order valence-corrected chi connectivity index (χ2v) is 15.0. The third kappa shape index (κ3) is 21.0. The van der Waals surface area contributed by atoms with Gasteiger partial charge in [-0.1, -0.05) is 117 Å². The second kappa shape index (κ2) is 29.6. The van der Waals surface area contributed by atoms with E-state index >= 15 is 0 Å². The van der Waals surface area contributed by atoms with Crippen LogP contribution < -0.4 is 18.9 Å². The second-order valence-electron chi connectivity index (χ2n) is 15.0. The van der Waals surface area contributed by atoms with Crippen molar-refractivity contribution in [2.45, 2.75) is 136 Å². The van der Waals surface area contributed by atoms with E-state index in [2.05, 4.69) is 23.8 Å². The van der Waals surface area contributed by atoms with Crippen molar-refractivity contribution >= 4 is 23.8 Å². The van der Waals surface area contributed by atoms with Crippen LogP contribution in [0.5, 0.6) is 23.0 Å². The van der Waals surface area contributed by atoms with Gasteiger partial charge < -0.3 is 18.9 Å². The summed E-state index contributed by atoms with van der Waals surface area (Å²) in [5.74, 6) is 3.48. The number of benzene rings is 4. The predicted octanol–water partition coefficient (Wildman–Crippen LogP) is 14.9. The van der Waals surface area contributed by atoms with E-state index in [1.807, 2.05) is 109 Å². The lowest BCUT2D eigenvalue weighted by molar-refractivity contribution is 0.247. The molecule has 0 atom stereocenters. The van der Waals surface area contributed by atoms with Gasteiger partial charge in [0.1, 0.15) is 23.0 Å². The van der Waals surface area contributed by atoms with Crippen LogP contribution in [0.25, 0.3) is 0 Å². The molecule has 0 aliphatic heterocycles. The molecule has 0 amide bonds. The van der Waals surface area contributed by atoms with Crippen LogP contribution in [0.15, 0.2) is 107 Å². The number of nitrogens with zero attached hydrogens (tertiary/aromatic N) is 2. The number of ether oxygens (including phenoxy) is 4. The zero-order chi connectivity index (χ0) is 39.9. The normalized spacial score (nSPS) is 11.4. The summed E-state index contributed by atoms with van der Waals surface area (Å²) in [5.41, 5.74) is 3.85. The highest BCUT2D eigenvalue weighted by Crippen LogP contribution is 2.21. The van der Waals surface area contributed by atoms with Crippen molar-refractivity contribution in [1.82, 2.24) is 0 Å². The van der Waals surface area contributed by atoms with E-state index in [9.17, 15) is 0 Å². The molecule has 0 aromatic heterocycles. The number of rotatable bonds is 32. The molecule has 0 spiro atoms. The molecule has 4 aromatic carbocycles. The van der Waals surface area contributed by atoms with Crippen molar-refractivity contribution in [3.05, 3.63) is 108 Å². The quantitative estimate of drug-likeness (QED) is 0.0366. The van der Waals surface area contributed by atoms with Crippen molar-refractivity contribution in [2.24, 2.45) is 9.98 Å². The lowest BCUT2D eigenvalue weighted by atomic mass is 10.1. The lowest BCUT2D eigenvalue weighted by Crippen LogP contribution is -2.05. The zero-order valence-corrected chi connectivity index (χ0v) is 35.2. The van der Waals surface area contributed by atoms with Crippen LogP contribution >= 0.6 is 0 Å². The van der Waals surface area contributed by atoms with Gasteiger partial charge in [-0.25, -0.2) is 0 Å². The summed E-state index contributed by atoms with van der Waals surface area (Å²) in [6, 6.07) is 32.0. The van der Waals surface area contributed by atoms with Crippen molar-refractivity contribution in [1.29, 1.82) is 0 Å². The van der Waals surface area contributed by atoms with E-state index in [0.717, 1.165) is 78.0 Å². The largest absolute Gasteiger partial charge is 0.494 e. The highest BCUT2D eigenvalue weighted by atomic mass is 16.5. The topological polar surface area (TPSA) is 61.6 Å². The monoisotopic (exact) mass is 775 g/mol. The Kier molecular flexibility index (Phi) is 23.5. The molecule has 0 saturated carbocycles. The summed E-state index contributed by atoms with van der Waals surface area (Å²) in [4.78, 5) is 9.25. The van der Waals surface area contributed by atoms with E-state index in [1.54, 1.807) is 0 Å². The molecule has 57 heavy (non-hydrogen) atoms. The van der Waals surface area contributed by atoms with Crippen LogP contribution in [-0.2, 0) is 0 Å². The highest BCUT2D eigenvalue weighted by molar-refractivity contribution is 5.82. The molecule has 0 saturated heterocycles. The van der Waals surface area contributed by atoms with E-state index < -0.39 is 0 Å². The van der Waals surface area contributed by atoms with Crippen LogP contribution in [0.3, 0.4) is 0 Å². The minimum absolute atomic E-state index is 0.578. The SMILES string of the molecule is CCCCCCCCCCCOc1ccc(N=Cc2ccc(OCCCOc3ccc(C=Nc4ccc(OCCCCCCCCCCC)cc4)cc3)cc2)cc1. The van der Waals surface area contributed by atoms with Crippen LogP contribution in [0.4, 0.5) is 11.4 Å². The first-order valence-corrected chi connectivity index (χ1v) is 22.2. The molecule has 0 N–H and O–H groups in total. The molecule has 0 unspecified atom stereocenters. The Morgan fingerprint density at radius 3 is 0.895 bits per heavy atom. The molecule has 308 valence electrons. The molecule has 6 nitrogen and oxygen atoms in total. The zero-order valence-electron chi connectivity index (χ0n) is 35.2. The van der Waals surface area contributed by atoms with Gasteiger partial charge in [-0.3, -0.25) is 9.98 Å². The molecule has 0 aliphatic carbocycles. The number of unbranched alkanes of at least 4 members (excludes halogenated alkanes) is 16. The van der Waals surface area contributed by atoms with Gasteiger partial charge in [0.25, 0.3) is 0 Å². The Hall–Kier alpha value is -4.58. The van der Waals surface area contributed by atoms with Crippen LogP contribution in [-0.4, -0.2) is 38.9 Å². The molecule has 4 aromatic rings. The average Bonchev–Trinajstić information content (AvgIpc) is 3.25. The Bertz CT molecular complexity index is 1490. The van der Waals surface area contributed by atoms with Gasteiger partial charge in [0, 0.05) is 18.9 Å². The lowest BCUT2D eigenvalue weighted by Gasteiger charge is -2.08. The third-order valence-electron chi connectivity index (χ3n) is 10.0. The molecule has 4 rings (SSSR count). The van der Waals surface area contributed by atoms with Gasteiger partial charge in [-0.2, -0.15) is 0 Å². The standard InChI is InChI=1S/C51H70N2O4/c1-3-5-7-9-11-13-15-17-19-38-54-50-34-26-46(27-35-50)52-42-44-22-30-48(31-23-44)56-40-21-41-57-49-32-24-45(25-33-49)43-53-47-28-36-51(37-29-47)55-39-20-18-16-14-12-10-8-6-4-2/h22-37,42-43H,3-21,38-41H2,1-2H3. The first-order valence-electron chi connectivity index (χ1n) is 22.2. The number of aliphatic imine (C=N–C) groups is 2. The van der Waals surface area contributed by atoms with Gasteiger partial charge in [0.05, 0.1) is 37.8 Å². The van der Waals surface area contributed by atoms with Crippen molar-refractivity contribution < 1.29 is 18.9 Å². The fourth-order valence-electron chi connectivity index (χ4n) is 6.50. The number of hydrogen-bond acceptors (Lipinski definition) is 6. The van der Waals surface area contributed by atoms with Gasteiger partial charge in [-0.05, 0) is 121 Å². The molecular weight excluding hydrogens is 705 g/mol. The molecule has 0 radical (unpaired) electrons. The summed E-state index contributed by atoms with van der Waals surface area (Å²) in [6.45, 7) is 7.25. The van der Waals surface area contributed by atoms with Crippen molar-refractivity contribution in [3.8, 4) is 23.0 Å². The number of hydrogen-bond donors (Lipinski definition) is 0. The molecule has 0 bridgehead atoms. The van der Waals surface area contributed by atoms with E-state index in [1.165, 1.54) is 103 Å². The van der Waals surface area contributed by atoms with Crippen molar-refractivity contribution in [3.63, 3.8) is 0 Å². The Morgan fingerprint density at radius 1 is 0.316 bits per heavy atom. The molecule has 0 aliphatic rings. The third-order valence-corrected chi connectivity index (χ3v) is 10.0. The summed E-state index contributed by atoms with van der Waals surface area (Å²) in [7, 11) is 0. The van der Waals surface area contributed by atoms with Crippen LogP contribution in [0.1, 0.15) is 147 Å². The predicted molar refractivity (Wildman–Crippen MR) is 241 cm³/mol. The maximum atomic E-state index is 5.94. The average molecular weight is 775 g/mol. The van der Waals surface area contributed by atoms with Crippen LogP contribution in [0, 0.1) is 0 Å².